The summed E-state index contributed by atoms with van der Waals surface area (Å²) in [6.45, 7) is 2.91. The van der Waals surface area contributed by atoms with Crippen molar-refractivity contribution in [1.29, 1.82) is 0 Å². The number of rotatable bonds is 6. The number of Topliss-reactive ketones (excluding diaryl/α,β-unsaturated/α-hetero) is 1. The maximum Gasteiger partial charge on any atom is 0.233 e. The molecule has 2 aromatic carbocycles. The van der Waals surface area contributed by atoms with E-state index in [1.807, 2.05) is 6.07 Å². The number of piperidine rings is 1. The number of benzene rings is 2. The Kier molecular flexibility index (Phi) is 6.58. The molecule has 0 aromatic heterocycles. The van der Waals surface area contributed by atoms with E-state index in [4.69, 9.17) is 0 Å². The van der Waals surface area contributed by atoms with E-state index < -0.39 is 0 Å². The summed E-state index contributed by atoms with van der Waals surface area (Å²) in [6.07, 6.45) is 2.82. The largest absolute Gasteiger partial charge is 0.342 e. The Labute approximate surface area is 165 Å². The van der Waals surface area contributed by atoms with Crippen LogP contribution in [-0.2, 0) is 16.0 Å². The van der Waals surface area contributed by atoms with Crippen LogP contribution in [-0.4, -0.2) is 35.6 Å². The second-order valence-corrected chi connectivity index (χ2v) is 7.37. The fourth-order valence-electron chi connectivity index (χ4n) is 3.58. The van der Waals surface area contributed by atoms with E-state index in [1.165, 1.54) is 12.5 Å². The fraction of sp³-hybridized carbons (Fsp3) is 0.348. The van der Waals surface area contributed by atoms with Crippen LogP contribution < -0.4 is 5.32 Å². The lowest BCUT2D eigenvalue weighted by atomic mass is 9.90. The highest BCUT2D eigenvalue weighted by Gasteiger charge is 2.24. The highest BCUT2D eigenvalue weighted by molar-refractivity contribution is 6.03. The van der Waals surface area contributed by atoms with Gasteiger partial charge < -0.3 is 10.2 Å². The molecule has 28 heavy (non-hydrogen) atoms. The number of hydrogen-bond donors (Lipinski definition) is 1. The number of nitrogens with zero attached hydrogens (tertiary/aromatic N) is 1. The summed E-state index contributed by atoms with van der Waals surface area (Å²) in [4.78, 5) is 37.7. The summed E-state index contributed by atoms with van der Waals surface area (Å²) < 4.78 is 0. The number of hydrogen-bond acceptors (Lipinski definition) is 3. The van der Waals surface area contributed by atoms with Crippen molar-refractivity contribution in [2.24, 2.45) is 5.92 Å². The zero-order chi connectivity index (χ0) is 19.9. The monoisotopic (exact) mass is 378 g/mol. The molecule has 0 saturated carbocycles. The van der Waals surface area contributed by atoms with Gasteiger partial charge in [-0.1, -0.05) is 30.3 Å². The first-order chi connectivity index (χ1) is 13.5. The Morgan fingerprint density at radius 3 is 2.21 bits per heavy atom. The molecule has 0 unspecified atom stereocenters. The van der Waals surface area contributed by atoms with Crippen molar-refractivity contribution in [3.05, 3.63) is 65.7 Å². The van der Waals surface area contributed by atoms with Crippen molar-refractivity contribution in [2.45, 2.75) is 32.6 Å². The summed E-state index contributed by atoms with van der Waals surface area (Å²) in [5, 5.41) is 2.72. The lowest BCUT2D eigenvalue weighted by molar-refractivity contribution is -0.135. The van der Waals surface area contributed by atoms with Gasteiger partial charge in [-0.15, -0.1) is 0 Å². The Morgan fingerprint density at radius 2 is 1.61 bits per heavy atom. The van der Waals surface area contributed by atoms with Gasteiger partial charge in [-0.2, -0.15) is 0 Å². The molecule has 2 amide bonds. The molecule has 1 heterocycles. The second-order valence-electron chi connectivity index (χ2n) is 7.37. The van der Waals surface area contributed by atoms with Gasteiger partial charge in [0, 0.05) is 24.3 Å². The third-order valence-electron chi connectivity index (χ3n) is 5.22. The third-order valence-corrected chi connectivity index (χ3v) is 5.22. The van der Waals surface area contributed by atoms with Gasteiger partial charge in [-0.25, -0.2) is 0 Å². The number of nitrogens with one attached hydrogen (secondary N) is 1. The molecule has 0 spiro atoms. The summed E-state index contributed by atoms with van der Waals surface area (Å²) in [7, 11) is 0. The van der Waals surface area contributed by atoms with Gasteiger partial charge in [0.15, 0.2) is 5.78 Å². The van der Waals surface area contributed by atoms with Gasteiger partial charge in [0.2, 0.25) is 11.8 Å². The molecule has 0 radical (unpaired) electrons. The van der Waals surface area contributed by atoms with Crippen LogP contribution in [0.2, 0.25) is 0 Å². The van der Waals surface area contributed by atoms with Crippen molar-refractivity contribution in [2.75, 3.05) is 18.4 Å². The number of amides is 2. The topological polar surface area (TPSA) is 66.5 Å². The van der Waals surface area contributed by atoms with E-state index >= 15 is 0 Å². The summed E-state index contributed by atoms with van der Waals surface area (Å²) in [5.74, 6) is 0.104. The molecule has 1 N–H and O–H groups in total. The minimum atomic E-state index is -0.327. The van der Waals surface area contributed by atoms with Gasteiger partial charge in [-0.3, -0.25) is 14.4 Å². The molecule has 3 rings (SSSR count). The molecule has 0 atom stereocenters. The van der Waals surface area contributed by atoms with Crippen LogP contribution in [0.25, 0.3) is 0 Å². The van der Waals surface area contributed by atoms with E-state index in [2.05, 4.69) is 29.6 Å². The van der Waals surface area contributed by atoms with Crippen molar-refractivity contribution in [3.63, 3.8) is 0 Å². The lowest BCUT2D eigenvalue weighted by Crippen LogP contribution is -2.40. The van der Waals surface area contributed by atoms with Crippen LogP contribution >= 0.6 is 0 Å². The quantitative estimate of drug-likeness (QED) is 0.616. The van der Waals surface area contributed by atoms with Crippen molar-refractivity contribution >= 4 is 23.3 Å². The minimum absolute atomic E-state index is 0.0243. The molecule has 1 aliphatic rings. The number of carbonyl (C=O) groups is 3. The molecule has 2 aromatic rings. The number of ketones is 1. The molecule has 1 fully saturated rings. The van der Waals surface area contributed by atoms with E-state index in [-0.39, 0.29) is 24.0 Å². The van der Waals surface area contributed by atoms with E-state index in [9.17, 15) is 14.4 Å². The maximum atomic E-state index is 12.4. The van der Waals surface area contributed by atoms with Gasteiger partial charge in [0.1, 0.15) is 6.42 Å². The van der Waals surface area contributed by atoms with Gasteiger partial charge in [-0.05, 0) is 61.9 Å². The molecule has 0 bridgehead atoms. The Bertz CT molecular complexity index is 823. The average molecular weight is 378 g/mol. The summed E-state index contributed by atoms with van der Waals surface area (Å²) >= 11 is 0. The minimum Gasteiger partial charge on any atom is -0.342 e. The predicted molar refractivity (Wildman–Crippen MR) is 109 cm³/mol. The molecular weight excluding hydrogens is 352 g/mol. The molecule has 5 heteroatoms. The van der Waals surface area contributed by atoms with E-state index in [0.29, 0.717) is 30.3 Å². The van der Waals surface area contributed by atoms with E-state index in [0.717, 1.165) is 19.3 Å². The first kappa shape index (κ1) is 19.8. The molecule has 1 aliphatic heterocycles. The predicted octanol–water partition coefficient (Wildman–Crippen LogP) is 3.70. The molecular formula is C23H26N2O3. The zero-order valence-corrected chi connectivity index (χ0v) is 16.2. The Hall–Kier alpha value is -2.95. The normalized spacial score (nSPS) is 14.5. The number of carbonyl (C=O) groups excluding carboxylic acids is 3. The molecule has 5 nitrogen and oxygen atoms in total. The highest BCUT2D eigenvalue weighted by Crippen LogP contribution is 2.22. The third kappa shape index (κ3) is 5.52. The molecule has 0 aliphatic carbocycles. The first-order valence-corrected chi connectivity index (χ1v) is 9.74. The van der Waals surface area contributed by atoms with Crippen LogP contribution in [0, 0.1) is 5.92 Å². The van der Waals surface area contributed by atoms with Gasteiger partial charge in [0.05, 0.1) is 0 Å². The maximum absolute atomic E-state index is 12.4. The Morgan fingerprint density at radius 1 is 0.964 bits per heavy atom. The van der Waals surface area contributed by atoms with Crippen LogP contribution in [0.15, 0.2) is 54.6 Å². The van der Waals surface area contributed by atoms with Gasteiger partial charge >= 0.3 is 0 Å². The van der Waals surface area contributed by atoms with Gasteiger partial charge in [0.25, 0.3) is 0 Å². The first-order valence-electron chi connectivity index (χ1n) is 9.74. The standard InChI is InChI=1S/C23H26N2O3/c1-17(26)20-7-9-21(10-8-20)24-22(27)16-23(28)25-13-11-19(12-14-25)15-18-5-3-2-4-6-18/h2-10,19H,11-16H2,1H3,(H,24,27). The van der Waals surface area contributed by atoms with Crippen molar-refractivity contribution < 1.29 is 14.4 Å². The van der Waals surface area contributed by atoms with E-state index in [1.54, 1.807) is 29.2 Å². The molecule has 1 saturated heterocycles. The smallest absolute Gasteiger partial charge is 0.233 e. The summed E-state index contributed by atoms with van der Waals surface area (Å²) in [6, 6.07) is 17.1. The van der Waals surface area contributed by atoms with Crippen LogP contribution in [0.3, 0.4) is 0 Å². The lowest BCUT2D eigenvalue weighted by Gasteiger charge is -2.32. The van der Waals surface area contributed by atoms with Crippen LogP contribution in [0.4, 0.5) is 5.69 Å². The molecule has 146 valence electrons. The average Bonchev–Trinajstić information content (AvgIpc) is 2.69. The number of likely N-dealkylation sites (tertiary alicyclic amines) is 1. The van der Waals surface area contributed by atoms with Crippen molar-refractivity contribution in [3.8, 4) is 0 Å². The fourth-order valence-corrected chi connectivity index (χ4v) is 3.58. The van der Waals surface area contributed by atoms with Crippen molar-refractivity contribution in [1.82, 2.24) is 4.90 Å². The van der Waals surface area contributed by atoms with Crippen LogP contribution in [0.5, 0.6) is 0 Å². The zero-order valence-electron chi connectivity index (χ0n) is 16.2. The van der Waals surface area contributed by atoms with Crippen LogP contribution in [0.1, 0.15) is 42.1 Å². The highest BCUT2D eigenvalue weighted by atomic mass is 16.2. The summed E-state index contributed by atoms with van der Waals surface area (Å²) in [5.41, 5.74) is 2.51. The Balaban J connectivity index is 1.43. The second kappa shape index (κ2) is 9.31. The number of anilines is 1. The SMILES string of the molecule is CC(=O)c1ccc(NC(=O)CC(=O)N2CCC(Cc3ccccc3)CC2)cc1.